The first-order valence-electron chi connectivity index (χ1n) is 5.42. The molecule has 0 aliphatic heterocycles. The SMILES string of the molecule is Cc1sc(Cl)cc1-c1c(Cl)nc2c(C#N)cnn2c1Cl. The highest BCUT2D eigenvalue weighted by atomic mass is 35.5. The zero-order valence-electron chi connectivity index (χ0n) is 9.99. The van der Waals surface area contributed by atoms with Crippen LogP contribution in [0.5, 0.6) is 0 Å². The predicted molar refractivity (Wildman–Crippen MR) is 80.8 cm³/mol. The van der Waals surface area contributed by atoms with Crippen molar-refractivity contribution in [2.45, 2.75) is 6.92 Å². The van der Waals surface area contributed by atoms with Gasteiger partial charge in [-0.05, 0) is 13.0 Å². The van der Waals surface area contributed by atoms with Crippen molar-refractivity contribution in [3.63, 3.8) is 0 Å². The van der Waals surface area contributed by atoms with Gasteiger partial charge >= 0.3 is 0 Å². The average molecular weight is 344 g/mol. The van der Waals surface area contributed by atoms with Gasteiger partial charge < -0.3 is 0 Å². The van der Waals surface area contributed by atoms with Gasteiger partial charge in [-0.2, -0.15) is 10.4 Å². The molecule has 0 atom stereocenters. The molecule has 0 radical (unpaired) electrons. The van der Waals surface area contributed by atoms with Crippen LogP contribution in [0.15, 0.2) is 12.3 Å². The Hall–Kier alpha value is -1.32. The minimum absolute atomic E-state index is 0.220. The fraction of sp³-hybridized carbons (Fsp3) is 0.0833. The maximum absolute atomic E-state index is 8.99. The van der Waals surface area contributed by atoms with E-state index in [4.69, 9.17) is 40.1 Å². The molecule has 0 saturated carbocycles. The van der Waals surface area contributed by atoms with Gasteiger partial charge in [-0.25, -0.2) is 9.50 Å². The Morgan fingerprint density at radius 2 is 2.10 bits per heavy atom. The van der Waals surface area contributed by atoms with Gasteiger partial charge in [-0.15, -0.1) is 11.3 Å². The van der Waals surface area contributed by atoms with Crippen LogP contribution in [0.2, 0.25) is 14.6 Å². The molecule has 0 aliphatic carbocycles. The molecule has 3 heterocycles. The predicted octanol–water partition coefficient (Wildman–Crippen LogP) is 4.60. The smallest absolute Gasteiger partial charge is 0.176 e. The number of hydrogen-bond acceptors (Lipinski definition) is 4. The molecule has 3 rings (SSSR count). The van der Waals surface area contributed by atoms with Gasteiger partial charge in [0, 0.05) is 10.4 Å². The molecule has 0 saturated heterocycles. The molecular weight excluding hydrogens is 339 g/mol. The van der Waals surface area contributed by atoms with Crippen molar-refractivity contribution in [1.29, 1.82) is 5.26 Å². The molecule has 0 bridgehead atoms. The molecule has 0 spiro atoms. The summed E-state index contributed by atoms with van der Waals surface area (Å²) in [6.45, 7) is 1.92. The number of rotatable bonds is 1. The summed E-state index contributed by atoms with van der Waals surface area (Å²) in [5.74, 6) is 0. The van der Waals surface area contributed by atoms with Gasteiger partial charge in [-0.3, -0.25) is 0 Å². The second-order valence-electron chi connectivity index (χ2n) is 3.99. The van der Waals surface area contributed by atoms with Crippen LogP contribution < -0.4 is 0 Å². The number of thiophene rings is 1. The summed E-state index contributed by atoms with van der Waals surface area (Å²) in [5, 5.41) is 13.6. The second-order valence-corrected chi connectivity index (χ2v) is 6.60. The Balaban J connectivity index is 2.38. The van der Waals surface area contributed by atoms with Gasteiger partial charge in [0.2, 0.25) is 0 Å². The van der Waals surface area contributed by atoms with Crippen LogP contribution in [0.3, 0.4) is 0 Å². The van der Waals surface area contributed by atoms with Crippen molar-refractivity contribution in [2.24, 2.45) is 0 Å². The van der Waals surface area contributed by atoms with E-state index in [1.54, 1.807) is 6.07 Å². The van der Waals surface area contributed by atoms with E-state index in [0.717, 1.165) is 10.4 Å². The minimum Gasteiger partial charge on any atom is -0.215 e. The van der Waals surface area contributed by atoms with Crippen LogP contribution in [-0.2, 0) is 0 Å². The molecule has 100 valence electrons. The Morgan fingerprint density at radius 3 is 2.70 bits per heavy atom. The van der Waals surface area contributed by atoms with Crippen LogP contribution in [0.4, 0.5) is 0 Å². The molecule has 20 heavy (non-hydrogen) atoms. The third-order valence-corrected chi connectivity index (χ3v) is 4.63. The zero-order chi connectivity index (χ0) is 14.4. The van der Waals surface area contributed by atoms with E-state index in [1.165, 1.54) is 22.0 Å². The standard InChI is InChI=1S/C12H5Cl3N4S/c1-5-7(2-8(13)20-5)9-10(14)18-12-6(3-16)4-17-19(12)11(9)15/h2,4H,1H3. The molecule has 0 aliphatic rings. The summed E-state index contributed by atoms with van der Waals surface area (Å²) in [6.07, 6.45) is 1.40. The van der Waals surface area contributed by atoms with Crippen molar-refractivity contribution in [2.75, 3.05) is 0 Å². The quantitative estimate of drug-likeness (QED) is 0.607. The molecule has 0 amide bonds. The number of halogens is 3. The van der Waals surface area contributed by atoms with Crippen molar-refractivity contribution in [1.82, 2.24) is 14.6 Å². The summed E-state index contributed by atoms with van der Waals surface area (Å²) in [7, 11) is 0. The lowest BCUT2D eigenvalue weighted by Gasteiger charge is -2.07. The summed E-state index contributed by atoms with van der Waals surface area (Å²) in [5.41, 5.74) is 2.04. The Labute approximate surface area is 133 Å². The third kappa shape index (κ3) is 1.97. The van der Waals surface area contributed by atoms with Crippen LogP contribution in [-0.4, -0.2) is 14.6 Å². The topological polar surface area (TPSA) is 54.0 Å². The maximum atomic E-state index is 8.99. The number of hydrogen-bond donors (Lipinski definition) is 0. The lowest BCUT2D eigenvalue weighted by atomic mass is 10.1. The van der Waals surface area contributed by atoms with E-state index in [9.17, 15) is 0 Å². The number of aromatic nitrogens is 3. The van der Waals surface area contributed by atoms with E-state index in [1.807, 2.05) is 13.0 Å². The van der Waals surface area contributed by atoms with Crippen LogP contribution >= 0.6 is 46.1 Å². The first kappa shape index (κ1) is 13.7. The molecule has 0 N–H and O–H groups in total. The van der Waals surface area contributed by atoms with E-state index in [-0.39, 0.29) is 5.15 Å². The Bertz CT molecular complexity index is 875. The van der Waals surface area contributed by atoms with Gasteiger partial charge in [0.05, 0.1) is 16.1 Å². The molecule has 4 nitrogen and oxygen atoms in total. The first-order valence-corrected chi connectivity index (χ1v) is 7.37. The molecule has 3 aromatic heterocycles. The van der Waals surface area contributed by atoms with Crippen molar-refractivity contribution >= 4 is 51.8 Å². The van der Waals surface area contributed by atoms with Crippen molar-refractivity contribution in [3.8, 4) is 17.2 Å². The van der Waals surface area contributed by atoms with E-state index in [2.05, 4.69) is 10.1 Å². The molecule has 0 fully saturated rings. The highest BCUT2D eigenvalue weighted by molar-refractivity contribution is 7.16. The van der Waals surface area contributed by atoms with E-state index < -0.39 is 0 Å². The highest BCUT2D eigenvalue weighted by Gasteiger charge is 2.20. The number of aryl methyl sites for hydroxylation is 1. The fourth-order valence-corrected chi connectivity index (χ4v) is 3.76. The third-order valence-electron chi connectivity index (χ3n) is 2.82. The highest BCUT2D eigenvalue weighted by Crippen LogP contribution is 2.40. The van der Waals surface area contributed by atoms with Crippen LogP contribution in [0, 0.1) is 18.3 Å². The Kier molecular flexibility index (Phi) is 3.35. The van der Waals surface area contributed by atoms with Crippen LogP contribution in [0.25, 0.3) is 16.8 Å². The Morgan fingerprint density at radius 1 is 1.35 bits per heavy atom. The summed E-state index contributed by atoms with van der Waals surface area (Å²) in [4.78, 5) is 5.19. The van der Waals surface area contributed by atoms with Crippen molar-refractivity contribution < 1.29 is 0 Å². The summed E-state index contributed by atoms with van der Waals surface area (Å²) in [6, 6.07) is 3.79. The first-order chi connectivity index (χ1) is 9.52. The van der Waals surface area contributed by atoms with Gasteiger partial charge in [-0.1, -0.05) is 34.8 Å². The van der Waals surface area contributed by atoms with Gasteiger partial charge in [0.1, 0.15) is 21.9 Å². The maximum Gasteiger partial charge on any atom is 0.176 e. The molecular formula is C12H5Cl3N4S. The lowest BCUT2D eigenvalue weighted by Crippen LogP contribution is -1.97. The molecule has 0 aromatic carbocycles. The summed E-state index contributed by atoms with van der Waals surface area (Å²) >= 11 is 20.0. The van der Waals surface area contributed by atoms with E-state index >= 15 is 0 Å². The number of fused-ring (bicyclic) bond motifs is 1. The second kappa shape index (κ2) is 4.90. The fourth-order valence-electron chi connectivity index (χ4n) is 1.93. The van der Waals surface area contributed by atoms with Gasteiger partial charge in [0.25, 0.3) is 0 Å². The average Bonchev–Trinajstić information content (AvgIpc) is 2.93. The number of nitrogens with zero attached hydrogens (tertiary/aromatic N) is 4. The molecule has 8 heteroatoms. The normalized spacial score (nSPS) is 10.9. The minimum atomic E-state index is 0.220. The lowest BCUT2D eigenvalue weighted by molar-refractivity contribution is 0.942. The summed E-state index contributed by atoms with van der Waals surface area (Å²) < 4.78 is 2.04. The molecule has 0 unspecified atom stereocenters. The van der Waals surface area contributed by atoms with E-state index in [0.29, 0.717) is 26.3 Å². The largest absolute Gasteiger partial charge is 0.215 e. The zero-order valence-corrected chi connectivity index (χ0v) is 13.1. The monoisotopic (exact) mass is 342 g/mol. The van der Waals surface area contributed by atoms with Gasteiger partial charge in [0.15, 0.2) is 5.65 Å². The van der Waals surface area contributed by atoms with Crippen LogP contribution in [0.1, 0.15) is 10.4 Å². The number of nitriles is 1. The molecule has 3 aromatic rings. The van der Waals surface area contributed by atoms with Crippen molar-refractivity contribution in [3.05, 3.63) is 37.3 Å².